The highest BCUT2D eigenvalue weighted by atomic mass is 127. The molecule has 0 aliphatic rings. The number of rotatable bonds is 5. The second kappa shape index (κ2) is 6.89. The van der Waals surface area contributed by atoms with Crippen molar-refractivity contribution in [3.8, 4) is 0 Å². The molecule has 1 aromatic rings. The molecule has 0 heterocycles. The molecule has 2 nitrogen and oxygen atoms in total. The van der Waals surface area contributed by atoms with Crippen molar-refractivity contribution in [3.05, 3.63) is 35.4 Å². The largest absolute Gasteiger partial charge is 0.465 e. The quantitative estimate of drug-likeness (QED) is 0.467. The molecule has 0 saturated carbocycles. The number of alkyl halides is 1. The number of benzene rings is 1. The normalized spacial score (nSPS) is 12.2. The Hall–Kier alpha value is -0.580. The van der Waals surface area contributed by atoms with Gasteiger partial charge in [0.25, 0.3) is 0 Å². The summed E-state index contributed by atoms with van der Waals surface area (Å²) in [5.41, 5.74) is 2.33. The van der Waals surface area contributed by atoms with E-state index in [2.05, 4.69) is 41.6 Å². The van der Waals surface area contributed by atoms with Gasteiger partial charge >= 0.3 is 5.97 Å². The molecule has 0 saturated heterocycles. The van der Waals surface area contributed by atoms with Crippen LogP contribution in [0.1, 0.15) is 35.3 Å². The third-order valence-corrected chi connectivity index (χ3v) is 3.53. The summed E-state index contributed by atoms with van der Waals surface area (Å²) in [5, 5.41) is 0. The summed E-state index contributed by atoms with van der Waals surface area (Å²) in [6.07, 6.45) is 2.23. The molecule has 1 atom stereocenters. The van der Waals surface area contributed by atoms with Crippen LogP contribution in [0.15, 0.2) is 24.3 Å². The van der Waals surface area contributed by atoms with E-state index < -0.39 is 0 Å². The topological polar surface area (TPSA) is 26.3 Å². The lowest BCUT2D eigenvalue weighted by molar-refractivity contribution is -0.142. The van der Waals surface area contributed by atoms with Gasteiger partial charge in [-0.15, -0.1) is 0 Å². The van der Waals surface area contributed by atoms with Crippen LogP contribution in [0.4, 0.5) is 0 Å². The van der Waals surface area contributed by atoms with Gasteiger partial charge in [0.2, 0.25) is 0 Å². The molecule has 1 aromatic carbocycles. The Labute approximate surface area is 111 Å². The lowest BCUT2D eigenvalue weighted by atomic mass is 10.1. The van der Waals surface area contributed by atoms with Crippen molar-refractivity contribution in [2.24, 2.45) is 0 Å². The number of carbonyl (C=O) groups excluding carboxylic acids is 1. The summed E-state index contributed by atoms with van der Waals surface area (Å²) >= 11 is 2.12. The molecular weight excluding hydrogens is 315 g/mol. The van der Waals surface area contributed by atoms with Crippen LogP contribution in [0, 0.1) is 0 Å². The number of carbonyl (C=O) groups is 1. The predicted molar refractivity (Wildman–Crippen MR) is 73.8 cm³/mol. The Morgan fingerprint density at radius 2 is 1.94 bits per heavy atom. The molecule has 0 bridgehead atoms. The van der Waals surface area contributed by atoms with Crippen LogP contribution < -0.4 is 0 Å². The van der Waals surface area contributed by atoms with E-state index in [1.807, 2.05) is 19.1 Å². The zero-order chi connectivity index (χ0) is 12.0. The third-order valence-electron chi connectivity index (χ3n) is 2.30. The van der Waals surface area contributed by atoms with Crippen LogP contribution in [0.3, 0.4) is 0 Å². The first-order chi connectivity index (χ1) is 7.69. The Morgan fingerprint density at radius 3 is 2.44 bits per heavy atom. The molecule has 3 heteroatoms. The minimum absolute atomic E-state index is 0.161. The summed E-state index contributed by atoms with van der Waals surface area (Å²) in [5.74, 6) is -0.161. The second-order valence-corrected chi connectivity index (χ2v) is 4.85. The molecular formula is C13H17IO2. The van der Waals surface area contributed by atoms with E-state index >= 15 is 0 Å². The third kappa shape index (κ3) is 3.77. The van der Waals surface area contributed by atoms with Gasteiger partial charge in [0, 0.05) is 0 Å². The number of hydrogen-bond acceptors (Lipinski definition) is 2. The van der Waals surface area contributed by atoms with Gasteiger partial charge in [-0.05, 0) is 24.5 Å². The Bertz CT molecular complexity index is 332. The average molecular weight is 332 g/mol. The van der Waals surface area contributed by atoms with Crippen LogP contribution in [0.5, 0.6) is 0 Å². The minimum atomic E-state index is -0.201. The number of ether oxygens (including phenoxy) is 1. The van der Waals surface area contributed by atoms with Crippen molar-refractivity contribution in [1.29, 1.82) is 0 Å². The number of halogens is 1. The molecule has 0 aliphatic carbocycles. The Balaban J connectivity index is 2.69. The highest BCUT2D eigenvalue weighted by Crippen LogP contribution is 2.25. The minimum Gasteiger partial charge on any atom is -0.465 e. The number of aryl methyl sites for hydroxylation is 1. The van der Waals surface area contributed by atoms with Crippen molar-refractivity contribution in [3.63, 3.8) is 0 Å². The average Bonchev–Trinajstić information content (AvgIpc) is 2.30. The summed E-state index contributed by atoms with van der Waals surface area (Å²) in [4.78, 5) is 11.5. The second-order valence-electron chi connectivity index (χ2n) is 3.61. The smallest absolute Gasteiger partial charge is 0.323 e. The Kier molecular flexibility index (Phi) is 5.80. The van der Waals surface area contributed by atoms with Gasteiger partial charge in [0.15, 0.2) is 0 Å². The maximum absolute atomic E-state index is 11.5. The first-order valence-corrected chi connectivity index (χ1v) is 6.83. The van der Waals surface area contributed by atoms with Gasteiger partial charge in [-0.1, -0.05) is 60.2 Å². The molecule has 0 aliphatic heterocycles. The van der Waals surface area contributed by atoms with Crippen LogP contribution in [0.25, 0.3) is 0 Å². The van der Waals surface area contributed by atoms with E-state index in [1.165, 1.54) is 5.56 Å². The van der Waals surface area contributed by atoms with Crippen molar-refractivity contribution in [1.82, 2.24) is 0 Å². The molecule has 1 rings (SSSR count). The summed E-state index contributed by atoms with van der Waals surface area (Å²) in [6.45, 7) is 4.42. The van der Waals surface area contributed by atoms with Gasteiger partial charge < -0.3 is 4.74 Å². The van der Waals surface area contributed by atoms with E-state index in [4.69, 9.17) is 4.74 Å². The van der Waals surface area contributed by atoms with Crippen molar-refractivity contribution in [2.75, 3.05) is 6.61 Å². The molecule has 0 N–H and O–H groups in total. The maximum atomic E-state index is 11.5. The van der Waals surface area contributed by atoms with Gasteiger partial charge in [-0.3, -0.25) is 4.79 Å². The monoisotopic (exact) mass is 332 g/mol. The van der Waals surface area contributed by atoms with E-state index in [0.717, 1.165) is 18.4 Å². The fourth-order valence-corrected chi connectivity index (χ4v) is 2.09. The molecule has 0 radical (unpaired) electrons. The molecule has 16 heavy (non-hydrogen) atoms. The van der Waals surface area contributed by atoms with Gasteiger partial charge in [-0.25, -0.2) is 0 Å². The van der Waals surface area contributed by atoms with Crippen LogP contribution in [0.2, 0.25) is 0 Å². The van der Waals surface area contributed by atoms with Crippen LogP contribution in [-0.4, -0.2) is 12.6 Å². The summed E-state index contributed by atoms with van der Waals surface area (Å²) in [7, 11) is 0. The summed E-state index contributed by atoms with van der Waals surface area (Å²) in [6, 6.07) is 8.20. The molecule has 0 amide bonds. The zero-order valence-corrected chi connectivity index (χ0v) is 11.9. The Morgan fingerprint density at radius 1 is 1.31 bits per heavy atom. The lowest BCUT2D eigenvalue weighted by Gasteiger charge is -2.09. The van der Waals surface area contributed by atoms with Crippen molar-refractivity contribution >= 4 is 28.6 Å². The van der Waals surface area contributed by atoms with Gasteiger partial charge in [0.1, 0.15) is 3.92 Å². The van der Waals surface area contributed by atoms with E-state index in [0.29, 0.717) is 6.61 Å². The maximum Gasteiger partial charge on any atom is 0.323 e. The number of esters is 1. The fourth-order valence-electron chi connectivity index (χ4n) is 1.49. The zero-order valence-electron chi connectivity index (χ0n) is 9.70. The van der Waals surface area contributed by atoms with Crippen molar-refractivity contribution < 1.29 is 9.53 Å². The van der Waals surface area contributed by atoms with Crippen molar-refractivity contribution in [2.45, 2.75) is 30.6 Å². The SMILES string of the molecule is CCCc1ccc(C(I)C(=O)OCC)cc1. The lowest BCUT2D eigenvalue weighted by Crippen LogP contribution is -2.10. The van der Waals surface area contributed by atoms with Gasteiger partial charge in [-0.2, -0.15) is 0 Å². The van der Waals surface area contributed by atoms with E-state index in [9.17, 15) is 4.79 Å². The fraction of sp³-hybridized carbons (Fsp3) is 0.462. The molecule has 88 valence electrons. The molecule has 0 spiro atoms. The molecule has 0 fully saturated rings. The van der Waals surface area contributed by atoms with E-state index in [-0.39, 0.29) is 9.89 Å². The first-order valence-electron chi connectivity index (χ1n) is 5.58. The summed E-state index contributed by atoms with van der Waals surface area (Å²) < 4.78 is 4.79. The highest BCUT2D eigenvalue weighted by molar-refractivity contribution is 14.1. The highest BCUT2D eigenvalue weighted by Gasteiger charge is 2.17. The predicted octanol–water partition coefficient (Wildman–Crippen LogP) is 3.68. The van der Waals surface area contributed by atoms with Crippen LogP contribution >= 0.6 is 22.6 Å². The number of hydrogen-bond donors (Lipinski definition) is 0. The van der Waals surface area contributed by atoms with E-state index in [1.54, 1.807) is 0 Å². The van der Waals surface area contributed by atoms with Crippen LogP contribution in [-0.2, 0) is 16.0 Å². The molecule has 1 unspecified atom stereocenters. The first kappa shape index (κ1) is 13.5. The molecule has 0 aromatic heterocycles. The van der Waals surface area contributed by atoms with Gasteiger partial charge in [0.05, 0.1) is 6.61 Å². The standard InChI is InChI=1S/C13H17IO2/c1-3-5-10-6-8-11(9-7-10)12(14)13(15)16-4-2/h6-9,12H,3-5H2,1-2H3.